The Morgan fingerprint density at radius 1 is 1.36 bits per heavy atom. The topological polar surface area (TPSA) is 100 Å². The molecular formula is C17H13FN2O4S. The SMILES string of the molecule is Cc1cc(=O)[nH]c(SCC(=O)OCC(=O)c2cccc(F)c2)c1C#N. The van der Waals surface area contributed by atoms with Crippen molar-refractivity contribution >= 4 is 23.5 Å². The molecule has 0 saturated heterocycles. The highest BCUT2D eigenvalue weighted by Gasteiger charge is 2.13. The number of aromatic amines is 1. The average Bonchev–Trinajstić information content (AvgIpc) is 2.57. The van der Waals surface area contributed by atoms with Crippen LogP contribution in [-0.2, 0) is 9.53 Å². The molecule has 0 aliphatic carbocycles. The van der Waals surface area contributed by atoms with Gasteiger partial charge >= 0.3 is 5.97 Å². The van der Waals surface area contributed by atoms with E-state index in [-0.39, 0.29) is 27.5 Å². The fourth-order valence-corrected chi connectivity index (χ4v) is 2.84. The maximum absolute atomic E-state index is 13.1. The number of pyridine rings is 1. The van der Waals surface area contributed by atoms with Gasteiger partial charge in [-0.05, 0) is 24.6 Å². The van der Waals surface area contributed by atoms with Gasteiger partial charge in [-0.25, -0.2) is 4.39 Å². The van der Waals surface area contributed by atoms with Gasteiger partial charge in [0, 0.05) is 11.6 Å². The number of H-pyrrole nitrogens is 1. The van der Waals surface area contributed by atoms with Gasteiger partial charge in [0.2, 0.25) is 5.56 Å². The zero-order valence-electron chi connectivity index (χ0n) is 13.2. The van der Waals surface area contributed by atoms with Crippen LogP contribution in [0.2, 0.25) is 0 Å². The van der Waals surface area contributed by atoms with Crippen molar-refractivity contribution in [2.45, 2.75) is 11.9 Å². The number of carbonyl (C=O) groups is 2. The van der Waals surface area contributed by atoms with Crippen molar-refractivity contribution in [2.75, 3.05) is 12.4 Å². The van der Waals surface area contributed by atoms with Crippen LogP contribution in [0.15, 0.2) is 40.2 Å². The average molecular weight is 360 g/mol. The number of esters is 1. The highest BCUT2D eigenvalue weighted by molar-refractivity contribution is 7.99. The molecule has 1 aromatic heterocycles. The largest absolute Gasteiger partial charge is 0.457 e. The van der Waals surface area contributed by atoms with Crippen molar-refractivity contribution in [3.63, 3.8) is 0 Å². The van der Waals surface area contributed by atoms with Crippen molar-refractivity contribution in [1.29, 1.82) is 5.26 Å². The first-order valence-corrected chi connectivity index (χ1v) is 8.10. The normalized spacial score (nSPS) is 10.1. The molecule has 0 saturated carbocycles. The summed E-state index contributed by atoms with van der Waals surface area (Å²) in [5, 5.41) is 9.37. The Labute approximate surface area is 146 Å². The van der Waals surface area contributed by atoms with Gasteiger partial charge < -0.3 is 9.72 Å². The van der Waals surface area contributed by atoms with Crippen LogP contribution in [0.5, 0.6) is 0 Å². The zero-order valence-corrected chi connectivity index (χ0v) is 14.0. The molecule has 128 valence electrons. The number of aromatic nitrogens is 1. The number of halogens is 1. The van der Waals surface area contributed by atoms with Gasteiger partial charge in [0.1, 0.15) is 11.9 Å². The van der Waals surface area contributed by atoms with E-state index in [1.165, 1.54) is 24.3 Å². The molecule has 1 aromatic carbocycles. The van der Waals surface area contributed by atoms with Crippen LogP contribution in [0.4, 0.5) is 4.39 Å². The number of aryl methyl sites for hydroxylation is 1. The number of hydrogen-bond donors (Lipinski definition) is 1. The number of nitrogens with zero attached hydrogens (tertiary/aromatic N) is 1. The number of thioether (sulfide) groups is 1. The second-order valence-electron chi connectivity index (χ2n) is 5.02. The molecule has 0 aliphatic rings. The number of carbonyl (C=O) groups excluding carboxylic acids is 2. The van der Waals surface area contributed by atoms with Gasteiger partial charge in [0.25, 0.3) is 0 Å². The lowest BCUT2D eigenvalue weighted by atomic mass is 10.1. The summed E-state index contributed by atoms with van der Waals surface area (Å²) in [6.07, 6.45) is 0. The Balaban J connectivity index is 1.93. The second-order valence-corrected chi connectivity index (χ2v) is 6.00. The smallest absolute Gasteiger partial charge is 0.316 e. The highest BCUT2D eigenvalue weighted by Crippen LogP contribution is 2.20. The van der Waals surface area contributed by atoms with Crippen LogP contribution in [0.3, 0.4) is 0 Å². The molecule has 1 heterocycles. The van der Waals surface area contributed by atoms with E-state index in [9.17, 15) is 18.8 Å². The summed E-state index contributed by atoms with van der Waals surface area (Å²) >= 11 is 0.934. The third-order valence-electron chi connectivity index (χ3n) is 3.16. The summed E-state index contributed by atoms with van der Waals surface area (Å²) in [7, 11) is 0. The van der Waals surface area contributed by atoms with E-state index < -0.39 is 24.2 Å². The van der Waals surface area contributed by atoms with Gasteiger partial charge in [-0.3, -0.25) is 14.4 Å². The molecule has 2 aromatic rings. The molecule has 0 unspecified atom stereocenters. The number of nitrogens with one attached hydrogen (secondary N) is 1. The second kappa shape index (κ2) is 8.26. The first kappa shape index (κ1) is 18.4. The van der Waals surface area contributed by atoms with Crippen molar-refractivity contribution in [3.8, 4) is 6.07 Å². The van der Waals surface area contributed by atoms with E-state index in [1.54, 1.807) is 6.92 Å². The summed E-state index contributed by atoms with van der Waals surface area (Å²) < 4.78 is 17.9. The van der Waals surface area contributed by atoms with Gasteiger partial charge in [-0.15, -0.1) is 0 Å². The first-order chi connectivity index (χ1) is 11.9. The van der Waals surface area contributed by atoms with E-state index in [2.05, 4.69) is 4.98 Å². The molecule has 1 N–H and O–H groups in total. The van der Waals surface area contributed by atoms with Gasteiger partial charge in [-0.2, -0.15) is 5.26 Å². The van der Waals surface area contributed by atoms with Crippen LogP contribution in [-0.4, -0.2) is 29.1 Å². The quantitative estimate of drug-likeness (QED) is 0.482. The summed E-state index contributed by atoms with van der Waals surface area (Å²) in [6.45, 7) is 1.10. The van der Waals surface area contributed by atoms with Crippen LogP contribution in [0.1, 0.15) is 21.5 Å². The fourth-order valence-electron chi connectivity index (χ4n) is 1.97. The predicted octanol–water partition coefficient (Wildman–Crippen LogP) is 2.21. The van der Waals surface area contributed by atoms with Crippen molar-refractivity contribution in [3.05, 3.63) is 63.2 Å². The molecule has 25 heavy (non-hydrogen) atoms. The van der Waals surface area contributed by atoms with E-state index in [4.69, 9.17) is 10.00 Å². The Bertz CT molecular complexity index is 918. The van der Waals surface area contributed by atoms with Crippen LogP contribution < -0.4 is 5.56 Å². The molecule has 0 fully saturated rings. The van der Waals surface area contributed by atoms with Gasteiger partial charge in [0.05, 0.1) is 16.3 Å². The molecule has 2 rings (SSSR count). The summed E-state index contributed by atoms with van der Waals surface area (Å²) in [5.41, 5.74) is 0.500. The molecular weight excluding hydrogens is 347 g/mol. The first-order valence-electron chi connectivity index (χ1n) is 7.12. The number of nitriles is 1. The number of hydrogen-bond acceptors (Lipinski definition) is 6. The Kier molecular flexibility index (Phi) is 6.08. The van der Waals surface area contributed by atoms with Crippen molar-refractivity contribution in [2.24, 2.45) is 0 Å². The van der Waals surface area contributed by atoms with Gasteiger partial charge in [-0.1, -0.05) is 23.9 Å². The van der Waals surface area contributed by atoms with E-state index in [0.717, 1.165) is 17.8 Å². The van der Waals surface area contributed by atoms with E-state index >= 15 is 0 Å². The minimum absolute atomic E-state index is 0.107. The van der Waals surface area contributed by atoms with Crippen LogP contribution in [0, 0.1) is 24.1 Å². The number of ether oxygens (including phenoxy) is 1. The third-order valence-corrected chi connectivity index (χ3v) is 4.14. The minimum Gasteiger partial charge on any atom is -0.457 e. The summed E-state index contributed by atoms with van der Waals surface area (Å²) in [5.74, 6) is -1.97. The molecule has 0 aliphatic heterocycles. The number of rotatable bonds is 6. The monoisotopic (exact) mass is 360 g/mol. The van der Waals surface area contributed by atoms with Crippen molar-refractivity contribution < 1.29 is 18.7 Å². The minimum atomic E-state index is -0.694. The standard InChI is InChI=1S/C17H13FN2O4S/c1-10-5-15(22)20-17(13(10)7-19)25-9-16(23)24-8-14(21)11-3-2-4-12(18)6-11/h2-6H,8-9H2,1H3,(H,20,22). The van der Waals surface area contributed by atoms with Crippen LogP contribution >= 0.6 is 11.8 Å². The molecule has 0 amide bonds. The molecule has 6 nitrogen and oxygen atoms in total. The van der Waals surface area contributed by atoms with E-state index in [0.29, 0.717) is 5.56 Å². The molecule has 0 radical (unpaired) electrons. The Morgan fingerprint density at radius 3 is 2.80 bits per heavy atom. The number of Topliss-reactive ketones (excluding diaryl/α,β-unsaturated/α-hetero) is 1. The van der Waals surface area contributed by atoms with Crippen molar-refractivity contribution in [1.82, 2.24) is 4.98 Å². The maximum atomic E-state index is 13.1. The fraction of sp³-hybridized carbons (Fsp3) is 0.176. The molecule has 0 spiro atoms. The van der Waals surface area contributed by atoms with Gasteiger partial charge in [0.15, 0.2) is 12.4 Å². The summed E-state index contributed by atoms with van der Waals surface area (Å²) in [4.78, 5) is 37.5. The molecule has 8 heteroatoms. The lowest BCUT2D eigenvalue weighted by molar-refractivity contribution is -0.139. The zero-order chi connectivity index (χ0) is 18.4. The highest BCUT2D eigenvalue weighted by atomic mass is 32.2. The Hall–Kier alpha value is -2.92. The third kappa shape index (κ3) is 5.02. The lowest BCUT2D eigenvalue weighted by Crippen LogP contribution is -2.16. The maximum Gasteiger partial charge on any atom is 0.316 e. The molecule has 0 bridgehead atoms. The molecule has 0 atom stereocenters. The Morgan fingerprint density at radius 2 is 2.12 bits per heavy atom. The number of benzene rings is 1. The lowest BCUT2D eigenvalue weighted by Gasteiger charge is -2.06. The predicted molar refractivity (Wildman–Crippen MR) is 88.9 cm³/mol. The van der Waals surface area contributed by atoms with E-state index in [1.807, 2.05) is 6.07 Å². The summed E-state index contributed by atoms with van der Waals surface area (Å²) in [6, 6.07) is 8.32. The van der Waals surface area contributed by atoms with Crippen LogP contribution in [0.25, 0.3) is 0 Å². The number of ketones is 1.